The third-order valence-electron chi connectivity index (χ3n) is 11.9. The second kappa shape index (κ2) is 40.3. The fourth-order valence-corrected chi connectivity index (χ4v) is 8.32. The second-order valence-electron chi connectivity index (χ2n) is 16.9. The summed E-state index contributed by atoms with van der Waals surface area (Å²) in [5, 5.41) is 0. The Hall–Kier alpha value is -0.850. The van der Waals surface area contributed by atoms with Crippen LogP contribution in [0.15, 0.2) is 18.3 Å². The number of unbranched alkanes of at least 4 members (excludes halogenated alkanes) is 36. The molecule has 1 rings (SSSR count). The number of aryl methyl sites for hydroxylation is 2. The van der Waals surface area contributed by atoms with Crippen molar-refractivity contribution in [3.05, 3.63) is 29.6 Å². The van der Waals surface area contributed by atoms with Crippen LogP contribution >= 0.6 is 0 Å². The highest BCUT2D eigenvalue weighted by atomic mass is 15.0. The van der Waals surface area contributed by atoms with Crippen LogP contribution in [0.25, 0.3) is 0 Å². The monoisotopic (exact) mass is 711 g/mol. The van der Waals surface area contributed by atoms with Crippen molar-refractivity contribution in [2.45, 2.75) is 291 Å². The van der Waals surface area contributed by atoms with E-state index < -0.39 is 0 Å². The molecule has 0 aromatic carbocycles. The normalized spacial score (nSPS) is 11.6. The molecular formula is C50H96N+. The molecule has 300 valence electrons. The Balaban J connectivity index is 2.26. The van der Waals surface area contributed by atoms with Crippen molar-refractivity contribution < 1.29 is 4.57 Å². The van der Waals surface area contributed by atoms with Crippen molar-refractivity contribution in [1.29, 1.82) is 0 Å². The molecule has 0 radical (unpaired) electrons. The molecule has 0 aliphatic heterocycles. The first-order valence-corrected chi connectivity index (χ1v) is 24.3. The first kappa shape index (κ1) is 48.2. The molecule has 0 N–H and O–H groups in total. The summed E-state index contributed by atoms with van der Waals surface area (Å²) in [5.74, 6) is 0. The Morgan fingerprint density at radius 2 is 0.588 bits per heavy atom. The minimum atomic E-state index is 1.23. The summed E-state index contributed by atoms with van der Waals surface area (Å²) in [7, 11) is 0. The second-order valence-corrected chi connectivity index (χ2v) is 16.9. The van der Waals surface area contributed by atoms with E-state index in [1.807, 2.05) is 0 Å². The van der Waals surface area contributed by atoms with Crippen LogP contribution in [-0.2, 0) is 19.4 Å². The Labute approximate surface area is 323 Å². The maximum atomic E-state index is 2.68. The SMILES string of the molecule is CCCCCCCCCCCCCCCCCCc1ccc[n+](CCCCCCCCC)c1CCCCCCCCCCCCCCCCCC. The molecule has 1 nitrogen and oxygen atoms in total. The van der Waals surface area contributed by atoms with Crippen LogP contribution < -0.4 is 4.57 Å². The fourth-order valence-electron chi connectivity index (χ4n) is 8.32. The number of hydrogen-bond donors (Lipinski definition) is 0. The van der Waals surface area contributed by atoms with Gasteiger partial charge in [0.15, 0.2) is 11.9 Å². The average molecular weight is 711 g/mol. The summed E-state index contributed by atoms with van der Waals surface area (Å²) in [6, 6.07) is 4.84. The van der Waals surface area contributed by atoms with Crippen LogP contribution in [0.2, 0.25) is 0 Å². The van der Waals surface area contributed by atoms with Crippen LogP contribution in [0.5, 0.6) is 0 Å². The first-order valence-electron chi connectivity index (χ1n) is 24.3. The molecule has 0 fully saturated rings. The zero-order chi connectivity index (χ0) is 36.6. The van der Waals surface area contributed by atoms with Gasteiger partial charge in [-0.1, -0.05) is 245 Å². The van der Waals surface area contributed by atoms with Crippen molar-refractivity contribution in [1.82, 2.24) is 0 Å². The summed E-state index contributed by atoms with van der Waals surface area (Å²) in [5.41, 5.74) is 3.36. The van der Waals surface area contributed by atoms with E-state index in [9.17, 15) is 0 Å². The van der Waals surface area contributed by atoms with Gasteiger partial charge >= 0.3 is 0 Å². The Kier molecular flexibility index (Phi) is 38.1. The topological polar surface area (TPSA) is 3.88 Å². The van der Waals surface area contributed by atoms with Gasteiger partial charge in [0.25, 0.3) is 0 Å². The van der Waals surface area contributed by atoms with Crippen LogP contribution in [-0.4, -0.2) is 0 Å². The molecule has 0 atom stereocenters. The standard InChI is InChI=1S/C50H96N/c1-4-7-10-13-16-18-20-22-24-26-28-30-32-34-37-40-44-49-45-43-48-51(47-42-39-36-15-12-9-6-3)50(49)46-41-38-35-33-31-29-27-25-23-21-19-17-14-11-8-5-2/h43,45,48H,4-42,44,46-47H2,1-3H3/q+1. The first-order chi connectivity index (χ1) is 25.3. The van der Waals surface area contributed by atoms with Crippen molar-refractivity contribution in [2.75, 3.05) is 0 Å². The van der Waals surface area contributed by atoms with Crippen molar-refractivity contribution in [3.63, 3.8) is 0 Å². The molecule has 0 aliphatic rings. The van der Waals surface area contributed by atoms with E-state index in [-0.39, 0.29) is 0 Å². The van der Waals surface area contributed by atoms with E-state index in [0.717, 1.165) is 0 Å². The molecule has 1 aromatic rings. The highest BCUT2D eigenvalue weighted by Gasteiger charge is 2.15. The largest absolute Gasteiger partial charge is 0.202 e. The quantitative estimate of drug-likeness (QED) is 0.0470. The predicted octanol–water partition coefficient (Wildman–Crippen LogP) is 17.3. The van der Waals surface area contributed by atoms with Gasteiger partial charge < -0.3 is 0 Å². The lowest BCUT2D eigenvalue weighted by molar-refractivity contribution is -0.705. The number of pyridine rings is 1. The lowest BCUT2D eigenvalue weighted by atomic mass is 9.99. The summed E-state index contributed by atoms with van der Waals surface area (Å²) in [6.45, 7) is 8.18. The highest BCUT2D eigenvalue weighted by molar-refractivity contribution is 5.16. The average Bonchev–Trinajstić information content (AvgIpc) is 3.14. The number of aromatic nitrogens is 1. The molecule has 1 heterocycles. The lowest BCUT2D eigenvalue weighted by Gasteiger charge is -2.11. The third kappa shape index (κ3) is 32.3. The summed E-state index contributed by atoms with van der Waals surface area (Å²) < 4.78 is 2.68. The lowest BCUT2D eigenvalue weighted by Crippen LogP contribution is -2.39. The van der Waals surface area contributed by atoms with Crippen molar-refractivity contribution >= 4 is 0 Å². The van der Waals surface area contributed by atoms with Gasteiger partial charge in [-0.25, -0.2) is 4.57 Å². The van der Waals surface area contributed by atoms with Crippen molar-refractivity contribution in [3.8, 4) is 0 Å². The summed E-state index contributed by atoms with van der Waals surface area (Å²) in [4.78, 5) is 0. The third-order valence-corrected chi connectivity index (χ3v) is 11.9. The van der Waals surface area contributed by atoms with Crippen LogP contribution in [0.3, 0.4) is 0 Å². The van der Waals surface area contributed by atoms with Gasteiger partial charge in [-0.15, -0.1) is 0 Å². The smallest absolute Gasteiger partial charge is 0.184 e. The van der Waals surface area contributed by atoms with E-state index in [1.54, 1.807) is 11.3 Å². The van der Waals surface area contributed by atoms with Gasteiger partial charge in [0, 0.05) is 24.5 Å². The van der Waals surface area contributed by atoms with Gasteiger partial charge in [-0.3, -0.25) is 0 Å². The Morgan fingerprint density at radius 3 is 0.922 bits per heavy atom. The van der Waals surface area contributed by atoms with Crippen molar-refractivity contribution in [2.24, 2.45) is 0 Å². The van der Waals surface area contributed by atoms with E-state index in [4.69, 9.17) is 0 Å². The minimum absolute atomic E-state index is 1.23. The molecule has 0 bridgehead atoms. The predicted molar refractivity (Wildman–Crippen MR) is 231 cm³/mol. The summed E-state index contributed by atoms with van der Waals surface area (Å²) >= 11 is 0. The van der Waals surface area contributed by atoms with Gasteiger partial charge in [0.05, 0.1) is 0 Å². The van der Waals surface area contributed by atoms with E-state index in [2.05, 4.69) is 43.7 Å². The van der Waals surface area contributed by atoms with Gasteiger partial charge in [-0.2, -0.15) is 0 Å². The maximum Gasteiger partial charge on any atom is 0.184 e. The molecule has 0 amide bonds. The summed E-state index contributed by atoms with van der Waals surface area (Å²) in [6.07, 6.45) is 61.3. The van der Waals surface area contributed by atoms with Gasteiger partial charge in [0.2, 0.25) is 0 Å². The molecule has 0 saturated heterocycles. The molecule has 0 saturated carbocycles. The van der Waals surface area contributed by atoms with Gasteiger partial charge in [0.1, 0.15) is 6.54 Å². The molecule has 1 aromatic heterocycles. The zero-order valence-corrected chi connectivity index (χ0v) is 35.9. The molecule has 0 unspecified atom stereocenters. The molecular weight excluding hydrogens is 615 g/mol. The number of hydrogen-bond acceptors (Lipinski definition) is 0. The van der Waals surface area contributed by atoms with E-state index in [1.165, 1.54) is 270 Å². The maximum absolute atomic E-state index is 2.68. The number of nitrogens with zero attached hydrogens (tertiary/aromatic N) is 1. The molecule has 51 heavy (non-hydrogen) atoms. The molecule has 1 heteroatoms. The highest BCUT2D eigenvalue weighted by Crippen LogP contribution is 2.18. The molecule has 0 aliphatic carbocycles. The zero-order valence-electron chi connectivity index (χ0n) is 35.9. The van der Waals surface area contributed by atoms with Crippen LogP contribution in [0, 0.1) is 0 Å². The van der Waals surface area contributed by atoms with Crippen LogP contribution in [0.4, 0.5) is 0 Å². The Bertz CT molecular complexity index is 798. The minimum Gasteiger partial charge on any atom is -0.202 e. The molecule has 0 spiro atoms. The van der Waals surface area contributed by atoms with E-state index >= 15 is 0 Å². The van der Waals surface area contributed by atoms with Gasteiger partial charge in [-0.05, 0) is 31.7 Å². The number of rotatable bonds is 42. The van der Waals surface area contributed by atoms with E-state index in [0.29, 0.717) is 0 Å². The van der Waals surface area contributed by atoms with Crippen LogP contribution in [0.1, 0.15) is 282 Å². The fraction of sp³-hybridized carbons (Fsp3) is 0.900. The Morgan fingerprint density at radius 1 is 0.314 bits per heavy atom.